The number of hydrogen-bond donors (Lipinski definition) is 2. The Morgan fingerprint density at radius 3 is 2.89 bits per heavy atom. The second-order valence-corrected chi connectivity index (χ2v) is 3.75. The largest absolute Gasteiger partial charge is 0.459 e. The highest BCUT2D eigenvalue weighted by atomic mass is 127. The van der Waals surface area contributed by atoms with Crippen molar-refractivity contribution in [3.05, 3.63) is 35.3 Å². The van der Waals surface area contributed by atoms with Gasteiger partial charge in [0, 0.05) is 18.0 Å². The predicted molar refractivity (Wildman–Crippen MR) is 80.7 cm³/mol. The van der Waals surface area contributed by atoms with Crippen LogP contribution in [0, 0.1) is 12.7 Å². The minimum absolute atomic E-state index is 0. The highest BCUT2D eigenvalue weighted by molar-refractivity contribution is 14.0. The van der Waals surface area contributed by atoms with E-state index in [1.54, 1.807) is 13.1 Å². The molecule has 4 nitrogen and oxygen atoms in total. The number of nitrogens with one attached hydrogen (secondary N) is 1. The molecule has 0 amide bonds. The summed E-state index contributed by atoms with van der Waals surface area (Å²) in [5.74, 6) is 0.809. The summed E-state index contributed by atoms with van der Waals surface area (Å²) in [6, 6.07) is 4.47. The standard InChI is InChI=1S/C12H14FN3O.HI/c1-7-9-5-8(13)3-4-10(9)17-11(7)6-16-12(14)15-2;/h3-5H,6H2,1-2H3,(H3,14,15,16);1H. The van der Waals surface area contributed by atoms with Crippen molar-refractivity contribution in [3.63, 3.8) is 0 Å². The van der Waals surface area contributed by atoms with Crippen LogP contribution in [0.1, 0.15) is 11.3 Å². The zero-order chi connectivity index (χ0) is 12.4. The molecule has 2 aromatic rings. The fourth-order valence-corrected chi connectivity index (χ4v) is 1.66. The van der Waals surface area contributed by atoms with Crippen LogP contribution >= 0.6 is 24.0 Å². The molecule has 0 bridgehead atoms. The molecule has 0 fully saturated rings. The van der Waals surface area contributed by atoms with Crippen molar-refractivity contribution in [1.29, 1.82) is 0 Å². The van der Waals surface area contributed by atoms with E-state index in [0.717, 1.165) is 16.7 Å². The molecule has 0 spiro atoms. The summed E-state index contributed by atoms with van der Waals surface area (Å²) in [4.78, 5) is 3.78. The number of nitrogens with zero attached hydrogens (tertiary/aromatic N) is 1. The Bertz CT molecular complexity index is 580. The molecule has 0 saturated carbocycles. The molecule has 0 aliphatic carbocycles. The Hall–Kier alpha value is -1.31. The molecule has 0 aliphatic rings. The van der Waals surface area contributed by atoms with Gasteiger partial charge in [0.25, 0.3) is 0 Å². The van der Waals surface area contributed by atoms with Gasteiger partial charge in [0.15, 0.2) is 5.96 Å². The summed E-state index contributed by atoms with van der Waals surface area (Å²) in [6.45, 7) is 2.33. The average molecular weight is 363 g/mol. The molecule has 6 heteroatoms. The van der Waals surface area contributed by atoms with E-state index >= 15 is 0 Å². The molecule has 0 saturated heterocycles. The molecule has 0 unspecified atom stereocenters. The Balaban J connectivity index is 0.00000162. The zero-order valence-electron chi connectivity index (χ0n) is 10.2. The van der Waals surface area contributed by atoms with Crippen LogP contribution in [-0.4, -0.2) is 13.0 Å². The molecule has 0 radical (unpaired) electrons. The minimum atomic E-state index is -0.268. The summed E-state index contributed by atoms with van der Waals surface area (Å²) < 4.78 is 18.7. The van der Waals surface area contributed by atoms with E-state index in [0.29, 0.717) is 18.1 Å². The van der Waals surface area contributed by atoms with Crippen molar-refractivity contribution in [2.75, 3.05) is 7.05 Å². The van der Waals surface area contributed by atoms with E-state index in [9.17, 15) is 4.39 Å². The lowest BCUT2D eigenvalue weighted by Crippen LogP contribution is -2.30. The number of guanidine groups is 1. The first kappa shape index (κ1) is 14.7. The van der Waals surface area contributed by atoms with Crippen molar-refractivity contribution in [3.8, 4) is 0 Å². The third kappa shape index (κ3) is 2.92. The highest BCUT2D eigenvalue weighted by Crippen LogP contribution is 2.25. The number of nitrogens with two attached hydrogens (primary N) is 1. The van der Waals surface area contributed by atoms with Crippen LogP contribution in [-0.2, 0) is 6.54 Å². The molecule has 98 valence electrons. The van der Waals surface area contributed by atoms with Crippen LogP contribution in [0.4, 0.5) is 4.39 Å². The third-order valence-electron chi connectivity index (χ3n) is 2.67. The third-order valence-corrected chi connectivity index (χ3v) is 2.67. The number of aryl methyl sites for hydroxylation is 1. The van der Waals surface area contributed by atoms with Gasteiger partial charge in [0.1, 0.15) is 17.2 Å². The molecule has 1 heterocycles. The summed E-state index contributed by atoms with van der Waals surface area (Å²) in [5, 5.41) is 3.69. The minimum Gasteiger partial charge on any atom is -0.459 e. The summed E-state index contributed by atoms with van der Waals surface area (Å²) in [6.07, 6.45) is 0. The number of aliphatic imine (C=N–C) groups is 1. The van der Waals surface area contributed by atoms with E-state index < -0.39 is 0 Å². The maximum absolute atomic E-state index is 13.1. The van der Waals surface area contributed by atoms with Gasteiger partial charge < -0.3 is 15.5 Å². The van der Waals surface area contributed by atoms with E-state index in [4.69, 9.17) is 10.2 Å². The van der Waals surface area contributed by atoms with Gasteiger partial charge in [-0.15, -0.1) is 24.0 Å². The molecule has 0 atom stereocenters. The number of furan rings is 1. The van der Waals surface area contributed by atoms with Crippen molar-refractivity contribution in [2.45, 2.75) is 13.5 Å². The molecule has 2 rings (SSSR count). The van der Waals surface area contributed by atoms with E-state index in [-0.39, 0.29) is 29.8 Å². The first-order chi connectivity index (χ1) is 8.11. The summed E-state index contributed by atoms with van der Waals surface area (Å²) >= 11 is 0. The van der Waals surface area contributed by atoms with Crippen LogP contribution in [0.15, 0.2) is 27.6 Å². The number of halogens is 2. The second kappa shape index (κ2) is 6.03. The molecule has 3 N–H and O–H groups in total. The number of fused-ring (bicyclic) bond motifs is 1. The Kier molecular flexibility index (Phi) is 4.94. The zero-order valence-corrected chi connectivity index (χ0v) is 12.5. The van der Waals surface area contributed by atoms with Crippen LogP contribution in [0.5, 0.6) is 0 Å². The first-order valence-electron chi connectivity index (χ1n) is 5.25. The highest BCUT2D eigenvalue weighted by Gasteiger charge is 2.10. The summed E-state index contributed by atoms with van der Waals surface area (Å²) in [7, 11) is 1.60. The lowest BCUT2D eigenvalue weighted by atomic mass is 10.1. The lowest BCUT2D eigenvalue weighted by molar-refractivity contribution is 0.536. The molecule has 1 aromatic heterocycles. The van der Waals surface area contributed by atoms with Gasteiger partial charge in [-0.3, -0.25) is 4.99 Å². The van der Waals surface area contributed by atoms with Gasteiger partial charge in [0.2, 0.25) is 0 Å². The number of benzene rings is 1. The Morgan fingerprint density at radius 2 is 2.22 bits per heavy atom. The Morgan fingerprint density at radius 1 is 1.50 bits per heavy atom. The van der Waals surface area contributed by atoms with Crippen molar-refractivity contribution in [1.82, 2.24) is 5.32 Å². The fraction of sp³-hybridized carbons (Fsp3) is 0.250. The topological polar surface area (TPSA) is 63.5 Å². The van der Waals surface area contributed by atoms with Gasteiger partial charge in [-0.25, -0.2) is 4.39 Å². The predicted octanol–water partition coefficient (Wildman–Crippen LogP) is 2.53. The SMILES string of the molecule is CN=C(N)NCc1oc2ccc(F)cc2c1C.I. The van der Waals surface area contributed by atoms with Gasteiger partial charge in [0.05, 0.1) is 6.54 Å². The quantitative estimate of drug-likeness (QED) is 0.490. The summed E-state index contributed by atoms with van der Waals surface area (Å²) in [5.41, 5.74) is 7.11. The van der Waals surface area contributed by atoms with Crippen molar-refractivity contribution < 1.29 is 8.81 Å². The van der Waals surface area contributed by atoms with Crippen molar-refractivity contribution >= 4 is 40.9 Å². The monoisotopic (exact) mass is 363 g/mol. The second-order valence-electron chi connectivity index (χ2n) is 3.75. The fourth-order valence-electron chi connectivity index (χ4n) is 1.66. The average Bonchev–Trinajstić information content (AvgIpc) is 2.63. The maximum atomic E-state index is 13.1. The molecule has 1 aromatic carbocycles. The first-order valence-corrected chi connectivity index (χ1v) is 5.25. The van der Waals surface area contributed by atoms with E-state index in [1.165, 1.54) is 12.1 Å². The number of rotatable bonds is 2. The van der Waals surface area contributed by atoms with Crippen LogP contribution in [0.3, 0.4) is 0 Å². The number of hydrogen-bond acceptors (Lipinski definition) is 2. The van der Waals surface area contributed by atoms with Gasteiger partial charge in [-0.1, -0.05) is 0 Å². The van der Waals surface area contributed by atoms with Crippen LogP contribution in [0.25, 0.3) is 11.0 Å². The normalized spacial score (nSPS) is 11.4. The molecular formula is C12H15FIN3O. The molecular weight excluding hydrogens is 348 g/mol. The van der Waals surface area contributed by atoms with Gasteiger partial charge in [-0.2, -0.15) is 0 Å². The van der Waals surface area contributed by atoms with Gasteiger partial charge in [-0.05, 0) is 25.1 Å². The Labute approximate surface area is 121 Å². The molecule has 0 aliphatic heterocycles. The van der Waals surface area contributed by atoms with E-state index in [1.807, 2.05) is 6.92 Å². The maximum Gasteiger partial charge on any atom is 0.188 e. The van der Waals surface area contributed by atoms with E-state index in [2.05, 4.69) is 10.3 Å². The van der Waals surface area contributed by atoms with Crippen LogP contribution in [0.2, 0.25) is 0 Å². The molecule has 18 heavy (non-hydrogen) atoms. The smallest absolute Gasteiger partial charge is 0.188 e. The van der Waals surface area contributed by atoms with Crippen molar-refractivity contribution in [2.24, 2.45) is 10.7 Å². The van der Waals surface area contributed by atoms with Crippen LogP contribution < -0.4 is 11.1 Å². The van der Waals surface area contributed by atoms with Gasteiger partial charge >= 0.3 is 0 Å². The lowest BCUT2D eigenvalue weighted by Gasteiger charge is -2.02.